The average molecular weight is 410 g/mol. The van der Waals surface area contributed by atoms with Crippen molar-refractivity contribution < 1.29 is 0 Å². The lowest BCUT2D eigenvalue weighted by molar-refractivity contribution is 0.700. The average Bonchev–Trinajstić information content (AvgIpc) is 3.18. The number of hydrogen-bond donors (Lipinski definition) is 1. The number of rotatable bonds is 2. The van der Waals surface area contributed by atoms with Crippen molar-refractivity contribution in [1.82, 2.24) is 14.5 Å². The van der Waals surface area contributed by atoms with Crippen molar-refractivity contribution in [2.24, 2.45) is 0 Å². The van der Waals surface area contributed by atoms with Gasteiger partial charge in [0.15, 0.2) is 0 Å². The monoisotopic (exact) mass is 409 g/mol. The fourth-order valence-corrected chi connectivity index (χ4v) is 5.75. The van der Waals surface area contributed by atoms with Crippen LogP contribution in [0.25, 0.3) is 27.3 Å². The summed E-state index contributed by atoms with van der Waals surface area (Å²) in [7, 11) is 0. The highest BCUT2D eigenvalue weighted by atomic mass is 35.5. The highest BCUT2D eigenvalue weighted by Gasteiger charge is 2.21. The van der Waals surface area contributed by atoms with E-state index in [0.717, 1.165) is 52.1 Å². The van der Waals surface area contributed by atoms with Crippen molar-refractivity contribution in [1.29, 1.82) is 0 Å². The number of thiophene rings is 1. The largest absolute Gasteiger partial charge is 0.318 e. The third kappa shape index (κ3) is 2.73. The van der Waals surface area contributed by atoms with Crippen LogP contribution in [0.3, 0.4) is 0 Å². The van der Waals surface area contributed by atoms with Crippen LogP contribution in [-0.4, -0.2) is 14.5 Å². The maximum absolute atomic E-state index is 12.9. The summed E-state index contributed by atoms with van der Waals surface area (Å²) in [5.74, 6) is 0.637. The van der Waals surface area contributed by atoms with Gasteiger partial charge in [-0.2, -0.15) is 0 Å². The molecule has 0 atom stereocenters. The Morgan fingerprint density at radius 3 is 2.82 bits per heavy atom. The van der Waals surface area contributed by atoms with Gasteiger partial charge in [-0.25, -0.2) is 4.98 Å². The molecule has 1 aliphatic carbocycles. The van der Waals surface area contributed by atoms with Gasteiger partial charge in [-0.15, -0.1) is 11.3 Å². The van der Waals surface area contributed by atoms with E-state index in [1.807, 2.05) is 31.2 Å². The molecule has 3 aromatic heterocycles. The molecule has 0 fully saturated rings. The van der Waals surface area contributed by atoms with Gasteiger partial charge < -0.3 is 9.55 Å². The minimum Gasteiger partial charge on any atom is -0.318 e. The SMILES string of the molecule is Cc1cc(-c2nc3sc4c(c3c(=O)[nH]2)CCCC4)c(C)n1-c1cccc(Cl)c1. The Labute approximate surface area is 171 Å². The van der Waals surface area contributed by atoms with Crippen LogP contribution < -0.4 is 5.56 Å². The van der Waals surface area contributed by atoms with E-state index in [-0.39, 0.29) is 5.56 Å². The summed E-state index contributed by atoms with van der Waals surface area (Å²) in [6.07, 6.45) is 4.41. The number of halogens is 1. The van der Waals surface area contributed by atoms with E-state index < -0.39 is 0 Å². The summed E-state index contributed by atoms with van der Waals surface area (Å²) in [5.41, 5.74) is 5.25. The van der Waals surface area contributed by atoms with E-state index in [2.05, 4.69) is 22.5 Å². The number of nitrogens with one attached hydrogen (secondary N) is 1. The first-order valence-electron chi connectivity index (χ1n) is 9.53. The Bertz CT molecular complexity index is 1280. The summed E-state index contributed by atoms with van der Waals surface area (Å²) < 4.78 is 2.14. The second-order valence-corrected chi connectivity index (χ2v) is 8.93. The molecule has 0 bridgehead atoms. The quantitative estimate of drug-likeness (QED) is 0.469. The summed E-state index contributed by atoms with van der Waals surface area (Å²) in [5, 5.41) is 1.50. The van der Waals surface area contributed by atoms with E-state index in [9.17, 15) is 4.79 Å². The Balaban J connectivity index is 1.69. The maximum atomic E-state index is 12.9. The second kappa shape index (κ2) is 6.61. The Hall–Kier alpha value is -2.37. The highest BCUT2D eigenvalue weighted by molar-refractivity contribution is 7.18. The minimum atomic E-state index is -0.0213. The van der Waals surface area contributed by atoms with E-state index in [0.29, 0.717) is 10.8 Å². The molecule has 5 rings (SSSR count). The van der Waals surface area contributed by atoms with E-state index in [1.54, 1.807) is 11.3 Å². The first-order chi connectivity index (χ1) is 13.5. The molecular formula is C22H20ClN3OS. The molecule has 28 heavy (non-hydrogen) atoms. The molecule has 0 saturated heterocycles. The van der Waals surface area contributed by atoms with Crippen molar-refractivity contribution >= 4 is 33.2 Å². The van der Waals surface area contributed by atoms with Gasteiger partial charge in [0.05, 0.1) is 5.39 Å². The topological polar surface area (TPSA) is 50.7 Å². The van der Waals surface area contributed by atoms with Gasteiger partial charge in [-0.05, 0) is 69.4 Å². The number of aromatic amines is 1. The molecule has 1 aliphatic rings. The minimum absolute atomic E-state index is 0.0213. The Morgan fingerprint density at radius 1 is 1.18 bits per heavy atom. The van der Waals surface area contributed by atoms with Gasteiger partial charge in [-0.1, -0.05) is 17.7 Å². The number of aromatic nitrogens is 3. The molecule has 3 heterocycles. The van der Waals surface area contributed by atoms with Gasteiger partial charge in [-0.3, -0.25) is 4.79 Å². The van der Waals surface area contributed by atoms with Gasteiger partial charge in [0.1, 0.15) is 10.7 Å². The number of H-pyrrole nitrogens is 1. The Kier molecular flexibility index (Phi) is 4.18. The molecule has 0 amide bonds. The number of benzene rings is 1. The van der Waals surface area contributed by atoms with Crippen LogP contribution in [0, 0.1) is 13.8 Å². The van der Waals surface area contributed by atoms with Crippen LogP contribution >= 0.6 is 22.9 Å². The first-order valence-corrected chi connectivity index (χ1v) is 10.7. The zero-order valence-corrected chi connectivity index (χ0v) is 17.4. The molecule has 4 aromatic rings. The lowest BCUT2D eigenvalue weighted by Crippen LogP contribution is -2.11. The van der Waals surface area contributed by atoms with Crippen molar-refractivity contribution in [3.63, 3.8) is 0 Å². The normalized spacial score (nSPS) is 13.8. The van der Waals surface area contributed by atoms with E-state index in [4.69, 9.17) is 16.6 Å². The van der Waals surface area contributed by atoms with Crippen molar-refractivity contribution in [3.8, 4) is 17.1 Å². The summed E-state index contributed by atoms with van der Waals surface area (Å²) in [4.78, 5) is 23.0. The molecule has 0 aliphatic heterocycles. The fourth-order valence-electron chi connectivity index (χ4n) is 4.31. The molecule has 4 nitrogen and oxygen atoms in total. The zero-order valence-electron chi connectivity index (χ0n) is 15.8. The Morgan fingerprint density at radius 2 is 2.00 bits per heavy atom. The number of nitrogens with zero attached hydrogens (tertiary/aromatic N) is 2. The molecule has 1 N–H and O–H groups in total. The van der Waals surface area contributed by atoms with Crippen molar-refractivity contribution in [2.45, 2.75) is 39.5 Å². The number of fused-ring (bicyclic) bond motifs is 3. The maximum Gasteiger partial charge on any atom is 0.260 e. The first kappa shape index (κ1) is 17.7. The lowest BCUT2D eigenvalue weighted by Gasteiger charge is -2.10. The number of hydrogen-bond acceptors (Lipinski definition) is 3. The predicted octanol–water partition coefficient (Wildman–Crippen LogP) is 5.59. The standard InChI is InChI=1S/C22H20ClN3OS/c1-12-10-17(13(2)26(12)15-7-5-6-14(23)11-15)20-24-21(27)19-16-8-3-4-9-18(16)28-22(19)25-20/h5-7,10-11H,3-4,8-9H2,1-2H3,(H,24,25,27). The van der Waals surface area contributed by atoms with E-state index in [1.165, 1.54) is 16.9 Å². The fraction of sp³-hybridized carbons (Fsp3) is 0.273. The molecule has 142 valence electrons. The molecule has 0 spiro atoms. The van der Waals surface area contributed by atoms with Gasteiger partial charge in [0.25, 0.3) is 5.56 Å². The van der Waals surface area contributed by atoms with Gasteiger partial charge in [0.2, 0.25) is 0 Å². The molecule has 0 radical (unpaired) electrons. The van der Waals surface area contributed by atoms with Crippen molar-refractivity contribution in [2.75, 3.05) is 0 Å². The third-order valence-corrected chi connectivity index (χ3v) is 7.00. The van der Waals surface area contributed by atoms with Crippen LogP contribution in [0.1, 0.15) is 34.7 Å². The number of aryl methyl sites for hydroxylation is 3. The highest BCUT2D eigenvalue weighted by Crippen LogP contribution is 2.35. The third-order valence-electron chi connectivity index (χ3n) is 5.58. The van der Waals surface area contributed by atoms with Crippen LogP contribution in [0.15, 0.2) is 35.1 Å². The van der Waals surface area contributed by atoms with Gasteiger partial charge in [0, 0.05) is 32.5 Å². The molecule has 0 saturated carbocycles. The second-order valence-electron chi connectivity index (χ2n) is 7.41. The molecule has 0 unspecified atom stereocenters. The summed E-state index contributed by atoms with van der Waals surface area (Å²) in [6, 6.07) is 9.86. The van der Waals surface area contributed by atoms with Crippen LogP contribution in [-0.2, 0) is 12.8 Å². The molecule has 6 heteroatoms. The van der Waals surface area contributed by atoms with E-state index >= 15 is 0 Å². The summed E-state index contributed by atoms with van der Waals surface area (Å²) >= 11 is 7.87. The van der Waals surface area contributed by atoms with Gasteiger partial charge >= 0.3 is 0 Å². The summed E-state index contributed by atoms with van der Waals surface area (Å²) in [6.45, 7) is 4.10. The van der Waals surface area contributed by atoms with Crippen molar-refractivity contribution in [3.05, 3.63) is 67.5 Å². The lowest BCUT2D eigenvalue weighted by atomic mass is 9.97. The van der Waals surface area contributed by atoms with Crippen LogP contribution in [0.2, 0.25) is 5.02 Å². The van der Waals surface area contributed by atoms with Crippen LogP contribution in [0.5, 0.6) is 0 Å². The predicted molar refractivity (Wildman–Crippen MR) is 116 cm³/mol. The van der Waals surface area contributed by atoms with Crippen LogP contribution in [0.4, 0.5) is 0 Å². The zero-order chi connectivity index (χ0) is 19.4. The molecule has 1 aromatic carbocycles. The smallest absolute Gasteiger partial charge is 0.260 e. The molecular weight excluding hydrogens is 390 g/mol.